The van der Waals surface area contributed by atoms with Gasteiger partial charge in [0.15, 0.2) is 5.11 Å². The molecule has 34 heavy (non-hydrogen) atoms. The van der Waals surface area contributed by atoms with Gasteiger partial charge in [-0.15, -0.1) is 0 Å². The highest BCUT2D eigenvalue weighted by Gasteiger charge is 2.42. The number of benzene rings is 2. The van der Waals surface area contributed by atoms with Gasteiger partial charge in [0.2, 0.25) is 5.91 Å². The van der Waals surface area contributed by atoms with Crippen LogP contribution in [0.2, 0.25) is 0 Å². The molecule has 1 aliphatic heterocycles. The predicted molar refractivity (Wildman–Crippen MR) is 141 cm³/mol. The molecule has 2 aliphatic rings. The smallest absolute Gasteiger partial charge is 0.251 e. The number of carbonyl (C=O) groups is 2. The van der Waals surface area contributed by atoms with Gasteiger partial charge in [-0.2, -0.15) is 0 Å². The number of aromatic amines is 1. The number of hydrogen-bond donors (Lipinski definition) is 3. The van der Waals surface area contributed by atoms with Crippen molar-refractivity contribution in [3.8, 4) is 0 Å². The second-order valence-electron chi connectivity index (χ2n) is 9.06. The molecular weight excluding hydrogens is 512 g/mol. The molecule has 6 nitrogen and oxygen atoms in total. The quantitative estimate of drug-likeness (QED) is 0.323. The van der Waals surface area contributed by atoms with Crippen molar-refractivity contribution in [1.82, 2.24) is 20.5 Å². The first-order valence-electron chi connectivity index (χ1n) is 11.7. The fourth-order valence-corrected chi connectivity index (χ4v) is 5.92. The molecule has 8 heteroatoms. The number of H-pyrrole nitrogens is 1. The molecule has 1 aromatic heterocycles. The third-order valence-electron chi connectivity index (χ3n) is 6.84. The monoisotopic (exact) mass is 538 g/mol. The Balaban J connectivity index is 1.17. The third-order valence-corrected chi connectivity index (χ3v) is 8.01. The molecule has 0 radical (unpaired) electrons. The average molecular weight is 539 g/mol. The number of aromatic nitrogens is 1. The van der Waals surface area contributed by atoms with Crippen molar-refractivity contribution in [3.63, 3.8) is 0 Å². The van der Waals surface area contributed by atoms with Gasteiger partial charge < -0.3 is 15.6 Å². The zero-order valence-corrected chi connectivity index (χ0v) is 21.1. The van der Waals surface area contributed by atoms with Gasteiger partial charge in [-0.3, -0.25) is 14.5 Å². The van der Waals surface area contributed by atoms with Crippen LogP contribution in [-0.4, -0.2) is 44.2 Å². The summed E-state index contributed by atoms with van der Waals surface area (Å²) in [6, 6.07) is 15.7. The van der Waals surface area contributed by atoms with E-state index >= 15 is 0 Å². The zero-order chi connectivity index (χ0) is 23.7. The van der Waals surface area contributed by atoms with E-state index in [0.29, 0.717) is 28.6 Å². The summed E-state index contributed by atoms with van der Waals surface area (Å²) in [6.07, 6.45) is 5.58. The number of nitrogens with zero attached hydrogens (tertiary/aromatic N) is 1. The van der Waals surface area contributed by atoms with Gasteiger partial charge in [0, 0.05) is 40.1 Å². The van der Waals surface area contributed by atoms with Crippen molar-refractivity contribution in [2.75, 3.05) is 6.54 Å². The Morgan fingerprint density at radius 3 is 2.76 bits per heavy atom. The molecular formula is C26H27BrN4O2S. The van der Waals surface area contributed by atoms with Gasteiger partial charge in [0.05, 0.1) is 12.5 Å². The van der Waals surface area contributed by atoms with E-state index in [1.165, 1.54) is 10.9 Å². The Morgan fingerprint density at radius 2 is 1.94 bits per heavy atom. The minimum absolute atomic E-state index is 0.0491. The van der Waals surface area contributed by atoms with Crippen LogP contribution in [-0.2, 0) is 17.8 Å². The zero-order valence-electron chi connectivity index (χ0n) is 18.7. The summed E-state index contributed by atoms with van der Waals surface area (Å²) < 4.78 is 0. The van der Waals surface area contributed by atoms with Gasteiger partial charge in [-0.05, 0) is 67.2 Å². The molecule has 2 heterocycles. The van der Waals surface area contributed by atoms with Gasteiger partial charge in [-0.25, -0.2) is 0 Å². The topological polar surface area (TPSA) is 77.2 Å². The number of halogens is 1. The molecule has 1 aliphatic carbocycles. The molecule has 0 bridgehead atoms. The average Bonchev–Trinajstić information content (AvgIpc) is 3.26. The molecule has 1 saturated carbocycles. The Bertz CT molecular complexity index is 1230. The van der Waals surface area contributed by atoms with Gasteiger partial charge in [0.1, 0.15) is 0 Å². The number of rotatable bonds is 6. The highest BCUT2D eigenvalue weighted by molar-refractivity contribution is 9.09. The molecule has 3 unspecified atom stereocenters. The number of carbonyl (C=O) groups excluding carboxylic acids is 2. The van der Waals surface area contributed by atoms with E-state index < -0.39 is 0 Å². The first-order chi connectivity index (χ1) is 16.5. The van der Waals surface area contributed by atoms with Crippen molar-refractivity contribution >= 4 is 56.0 Å². The minimum Gasteiger partial charge on any atom is -0.361 e. The molecule has 1 saturated heterocycles. The van der Waals surface area contributed by atoms with Crippen molar-refractivity contribution in [1.29, 1.82) is 0 Å². The summed E-state index contributed by atoms with van der Waals surface area (Å²) in [5.41, 5.74) is 3.83. The number of fused-ring (bicyclic) bond motifs is 2. The summed E-state index contributed by atoms with van der Waals surface area (Å²) >= 11 is 9.17. The van der Waals surface area contributed by atoms with Crippen molar-refractivity contribution < 1.29 is 9.59 Å². The Hall–Kier alpha value is -2.71. The first-order valence-corrected chi connectivity index (χ1v) is 13.0. The maximum absolute atomic E-state index is 13.1. The lowest BCUT2D eigenvalue weighted by molar-refractivity contribution is -0.135. The second kappa shape index (κ2) is 9.88. The van der Waals surface area contributed by atoms with Gasteiger partial charge in [0.25, 0.3) is 5.91 Å². The molecule has 176 valence electrons. The van der Waals surface area contributed by atoms with Crippen molar-refractivity contribution in [2.24, 2.45) is 5.92 Å². The first kappa shape index (κ1) is 23.1. The minimum atomic E-state index is -0.106. The Kier molecular flexibility index (Phi) is 6.70. The van der Waals surface area contributed by atoms with E-state index in [0.717, 1.165) is 36.8 Å². The lowest BCUT2D eigenvalue weighted by Crippen LogP contribution is -2.61. The Morgan fingerprint density at radius 1 is 1.15 bits per heavy atom. The molecule has 3 N–H and O–H groups in total. The highest BCUT2D eigenvalue weighted by atomic mass is 79.9. The van der Waals surface area contributed by atoms with E-state index in [1.54, 1.807) is 17.0 Å². The number of thiocarbonyl (C=S) groups is 1. The Labute approximate surface area is 212 Å². The normalized spacial score (nSPS) is 22.4. The third kappa shape index (κ3) is 4.74. The van der Waals surface area contributed by atoms with E-state index in [-0.39, 0.29) is 23.8 Å². The van der Waals surface area contributed by atoms with Crippen LogP contribution in [0.25, 0.3) is 10.9 Å². The number of hydrogen-bond acceptors (Lipinski definition) is 3. The number of amides is 2. The SMILES string of the molecule is O=C(NCCc1c[nH]c2ccccc12)c1ccc(CN2C(=O)C3CC(Br)CCC3NC2=S)cc1. The van der Waals surface area contributed by atoms with Crippen LogP contribution in [0.3, 0.4) is 0 Å². The van der Waals surface area contributed by atoms with Crippen LogP contribution >= 0.6 is 28.1 Å². The van der Waals surface area contributed by atoms with E-state index in [1.807, 2.05) is 36.5 Å². The molecule has 0 spiro atoms. The maximum atomic E-state index is 13.1. The highest BCUT2D eigenvalue weighted by Crippen LogP contribution is 2.33. The van der Waals surface area contributed by atoms with E-state index in [2.05, 4.69) is 37.6 Å². The number of nitrogens with one attached hydrogen (secondary N) is 3. The fourth-order valence-electron chi connectivity index (χ4n) is 4.95. The van der Waals surface area contributed by atoms with Crippen LogP contribution in [0.1, 0.15) is 40.7 Å². The van der Waals surface area contributed by atoms with Gasteiger partial charge in [-0.1, -0.05) is 46.3 Å². The van der Waals surface area contributed by atoms with Crippen LogP contribution < -0.4 is 10.6 Å². The standard InChI is InChI=1S/C26H27BrN4O2S/c27-19-9-10-23-21(13-19)25(33)31(26(34)30-23)15-16-5-7-17(8-6-16)24(32)28-12-11-18-14-29-22-4-2-1-3-20(18)22/h1-8,14,19,21,23,29H,9-13,15H2,(H,28,32)(H,30,34). The fraction of sp³-hybridized carbons (Fsp3) is 0.346. The van der Waals surface area contributed by atoms with E-state index in [4.69, 9.17) is 12.2 Å². The largest absolute Gasteiger partial charge is 0.361 e. The molecule has 2 amide bonds. The summed E-state index contributed by atoms with van der Waals surface area (Å²) in [6.45, 7) is 0.963. The van der Waals surface area contributed by atoms with Crippen LogP contribution in [0.15, 0.2) is 54.7 Å². The number of alkyl halides is 1. The molecule has 3 atom stereocenters. The van der Waals surface area contributed by atoms with Crippen LogP contribution in [0, 0.1) is 5.92 Å². The second-order valence-corrected chi connectivity index (χ2v) is 10.7. The maximum Gasteiger partial charge on any atom is 0.251 e. The van der Waals surface area contributed by atoms with Crippen LogP contribution in [0.4, 0.5) is 0 Å². The summed E-state index contributed by atoms with van der Waals surface area (Å²) in [7, 11) is 0. The van der Waals surface area contributed by atoms with Crippen molar-refractivity contribution in [2.45, 2.75) is 43.1 Å². The lowest BCUT2D eigenvalue weighted by Gasteiger charge is -2.43. The van der Waals surface area contributed by atoms with Gasteiger partial charge >= 0.3 is 0 Å². The summed E-state index contributed by atoms with van der Waals surface area (Å²) in [5.74, 6) is -0.0601. The van der Waals surface area contributed by atoms with Crippen LogP contribution in [0.5, 0.6) is 0 Å². The number of para-hydroxylation sites is 1. The molecule has 3 aromatic rings. The predicted octanol–water partition coefficient (Wildman–Crippen LogP) is 4.29. The lowest BCUT2D eigenvalue weighted by atomic mass is 9.82. The summed E-state index contributed by atoms with van der Waals surface area (Å²) in [4.78, 5) is 31.0. The summed E-state index contributed by atoms with van der Waals surface area (Å²) in [5, 5.41) is 8.05. The molecule has 2 fully saturated rings. The van der Waals surface area contributed by atoms with E-state index in [9.17, 15) is 9.59 Å². The molecule has 2 aromatic carbocycles. The molecule has 5 rings (SSSR count). The van der Waals surface area contributed by atoms with Crippen molar-refractivity contribution in [3.05, 3.63) is 71.4 Å².